The van der Waals surface area contributed by atoms with Crippen LogP contribution in [0.5, 0.6) is 11.6 Å². The second-order valence-corrected chi connectivity index (χ2v) is 7.19. The molecule has 0 saturated heterocycles. The van der Waals surface area contributed by atoms with Gasteiger partial charge in [-0.25, -0.2) is 4.98 Å². The SMILES string of the molecule is CCOc1ccnc(Cl)c1NS(=O)(=O)c1nc2cc(C)cc(OC)n2n1. The molecule has 3 heterocycles. The number of halogens is 1. The number of ether oxygens (including phenoxy) is 2. The summed E-state index contributed by atoms with van der Waals surface area (Å²) in [5.41, 5.74) is 1.22. The summed E-state index contributed by atoms with van der Waals surface area (Å²) in [5, 5.41) is 3.55. The Morgan fingerprint density at radius 2 is 2.12 bits per heavy atom. The van der Waals surface area contributed by atoms with Crippen LogP contribution in [0.3, 0.4) is 0 Å². The predicted molar refractivity (Wildman–Crippen MR) is 95.5 cm³/mol. The summed E-state index contributed by atoms with van der Waals surface area (Å²) in [7, 11) is -2.67. The van der Waals surface area contributed by atoms with E-state index in [-0.39, 0.29) is 16.6 Å². The second kappa shape index (κ2) is 6.96. The number of sulfonamides is 1. The lowest BCUT2D eigenvalue weighted by atomic mass is 10.3. The fourth-order valence-electron chi connectivity index (χ4n) is 2.29. The van der Waals surface area contributed by atoms with Crippen LogP contribution in [-0.4, -0.2) is 41.7 Å². The van der Waals surface area contributed by atoms with E-state index >= 15 is 0 Å². The lowest BCUT2D eigenvalue weighted by molar-refractivity contribution is 0.341. The van der Waals surface area contributed by atoms with E-state index in [2.05, 4.69) is 19.8 Å². The van der Waals surface area contributed by atoms with E-state index in [0.717, 1.165) is 5.56 Å². The van der Waals surface area contributed by atoms with E-state index in [9.17, 15) is 8.42 Å². The number of pyridine rings is 2. The van der Waals surface area contributed by atoms with Crippen molar-refractivity contribution < 1.29 is 17.9 Å². The number of aromatic nitrogens is 4. The zero-order valence-electron chi connectivity index (χ0n) is 14.2. The van der Waals surface area contributed by atoms with Gasteiger partial charge in [0.25, 0.3) is 15.2 Å². The van der Waals surface area contributed by atoms with Crippen LogP contribution >= 0.6 is 11.6 Å². The Bertz CT molecular complexity index is 1070. The molecule has 3 aromatic rings. The van der Waals surface area contributed by atoms with Gasteiger partial charge >= 0.3 is 0 Å². The molecule has 0 saturated carbocycles. The standard InChI is InChI=1S/C15H16ClN5O4S/c1-4-25-10-5-6-17-14(16)13(10)20-26(22,23)15-18-11-7-9(2)8-12(24-3)21(11)19-15/h5-8,20H,4H2,1-3H3. The molecule has 0 radical (unpaired) electrons. The smallest absolute Gasteiger partial charge is 0.299 e. The van der Waals surface area contributed by atoms with Gasteiger partial charge in [0, 0.05) is 18.3 Å². The Labute approximate surface area is 155 Å². The third kappa shape index (κ3) is 3.37. The molecule has 0 unspecified atom stereocenters. The molecule has 3 rings (SSSR count). The normalized spacial score (nSPS) is 11.5. The van der Waals surface area contributed by atoms with Crippen molar-refractivity contribution in [3.05, 3.63) is 35.1 Å². The van der Waals surface area contributed by atoms with Crippen LogP contribution in [0.2, 0.25) is 5.15 Å². The minimum absolute atomic E-state index is 0.0259. The molecular weight excluding hydrogens is 382 g/mol. The molecule has 0 fully saturated rings. The van der Waals surface area contributed by atoms with Crippen molar-refractivity contribution in [1.29, 1.82) is 0 Å². The van der Waals surface area contributed by atoms with Crippen molar-refractivity contribution in [3.63, 3.8) is 0 Å². The monoisotopic (exact) mass is 397 g/mol. The Balaban J connectivity index is 2.06. The van der Waals surface area contributed by atoms with Crippen molar-refractivity contribution >= 4 is 33.0 Å². The highest BCUT2D eigenvalue weighted by Crippen LogP contribution is 2.32. The number of hydrogen-bond donors (Lipinski definition) is 1. The van der Waals surface area contributed by atoms with Gasteiger partial charge in [-0.05, 0) is 25.5 Å². The number of hydrogen-bond acceptors (Lipinski definition) is 7. The maximum absolute atomic E-state index is 12.7. The summed E-state index contributed by atoms with van der Waals surface area (Å²) in [4.78, 5) is 7.95. The Morgan fingerprint density at radius 1 is 1.35 bits per heavy atom. The van der Waals surface area contributed by atoms with E-state index in [0.29, 0.717) is 18.1 Å². The number of rotatable bonds is 6. The molecule has 0 aromatic carbocycles. The number of fused-ring (bicyclic) bond motifs is 1. The minimum atomic E-state index is -4.13. The second-order valence-electron chi connectivity index (χ2n) is 5.25. The van der Waals surface area contributed by atoms with Gasteiger partial charge in [-0.15, -0.1) is 5.10 Å². The first-order chi connectivity index (χ1) is 12.4. The fraction of sp³-hybridized carbons (Fsp3) is 0.267. The lowest BCUT2D eigenvalue weighted by Crippen LogP contribution is -2.16. The summed E-state index contributed by atoms with van der Waals surface area (Å²) in [5.74, 6) is 0.622. The van der Waals surface area contributed by atoms with Gasteiger partial charge in [0.15, 0.2) is 10.8 Å². The van der Waals surface area contributed by atoms with E-state index < -0.39 is 15.2 Å². The van der Waals surface area contributed by atoms with Gasteiger partial charge in [-0.1, -0.05) is 11.6 Å². The zero-order valence-corrected chi connectivity index (χ0v) is 15.8. The van der Waals surface area contributed by atoms with Gasteiger partial charge in [-0.2, -0.15) is 17.9 Å². The molecule has 9 nitrogen and oxygen atoms in total. The van der Waals surface area contributed by atoms with Crippen LogP contribution in [0.4, 0.5) is 5.69 Å². The molecule has 3 aromatic heterocycles. The first-order valence-corrected chi connectivity index (χ1v) is 9.43. The van der Waals surface area contributed by atoms with Crippen LogP contribution < -0.4 is 14.2 Å². The van der Waals surface area contributed by atoms with Crippen LogP contribution in [0, 0.1) is 6.92 Å². The van der Waals surface area contributed by atoms with Gasteiger partial charge in [0.05, 0.1) is 13.7 Å². The van der Waals surface area contributed by atoms with Gasteiger partial charge in [0.2, 0.25) is 5.88 Å². The lowest BCUT2D eigenvalue weighted by Gasteiger charge is -2.12. The summed E-state index contributed by atoms with van der Waals surface area (Å²) < 4.78 is 39.7. The van der Waals surface area contributed by atoms with Gasteiger partial charge in [0.1, 0.15) is 11.4 Å². The van der Waals surface area contributed by atoms with Crippen molar-refractivity contribution in [1.82, 2.24) is 19.6 Å². The molecular formula is C15H16ClN5O4S. The fourth-order valence-corrected chi connectivity index (χ4v) is 3.50. The number of aryl methyl sites for hydroxylation is 1. The van der Waals surface area contributed by atoms with Gasteiger partial charge < -0.3 is 9.47 Å². The average Bonchev–Trinajstić information content (AvgIpc) is 3.02. The molecule has 11 heteroatoms. The van der Waals surface area contributed by atoms with E-state index in [1.165, 1.54) is 23.9 Å². The van der Waals surface area contributed by atoms with Crippen LogP contribution in [0.15, 0.2) is 29.6 Å². The minimum Gasteiger partial charge on any atom is -0.491 e. The molecule has 1 N–H and O–H groups in total. The van der Waals surface area contributed by atoms with Crippen molar-refractivity contribution in [2.45, 2.75) is 19.0 Å². The first kappa shape index (κ1) is 18.2. The molecule has 0 aliphatic heterocycles. The number of nitrogens with zero attached hydrogens (tertiary/aromatic N) is 4. The van der Waals surface area contributed by atoms with E-state index in [1.54, 1.807) is 19.1 Å². The number of nitrogens with one attached hydrogen (secondary N) is 1. The Kier molecular flexibility index (Phi) is 4.88. The van der Waals surface area contributed by atoms with E-state index in [1.807, 2.05) is 6.92 Å². The number of anilines is 1. The summed E-state index contributed by atoms with van der Waals surface area (Å²) >= 11 is 6.02. The van der Waals surface area contributed by atoms with Crippen molar-refractivity contribution in [2.24, 2.45) is 0 Å². The average molecular weight is 398 g/mol. The van der Waals surface area contributed by atoms with E-state index in [4.69, 9.17) is 21.1 Å². The largest absolute Gasteiger partial charge is 0.491 e. The highest BCUT2D eigenvalue weighted by Gasteiger charge is 2.25. The molecule has 0 atom stereocenters. The quantitative estimate of drug-likeness (QED) is 0.635. The molecule has 0 bridgehead atoms. The van der Waals surface area contributed by atoms with Crippen LogP contribution in [0.1, 0.15) is 12.5 Å². The molecule has 0 spiro atoms. The highest BCUT2D eigenvalue weighted by molar-refractivity contribution is 7.92. The Hall–Kier alpha value is -2.59. The topological polar surface area (TPSA) is 108 Å². The maximum atomic E-state index is 12.7. The maximum Gasteiger partial charge on any atom is 0.299 e. The highest BCUT2D eigenvalue weighted by atomic mass is 35.5. The third-order valence-corrected chi connectivity index (χ3v) is 4.79. The zero-order chi connectivity index (χ0) is 18.9. The van der Waals surface area contributed by atoms with Crippen LogP contribution in [0.25, 0.3) is 5.65 Å². The summed E-state index contributed by atoms with van der Waals surface area (Å²) in [6.07, 6.45) is 1.42. The summed E-state index contributed by atoms with van der Waals surface area (Å²) in [6, 6.07) is 4.92. The third-order valence-electron chi connectivity index (χ3n) is 3.38. The summed E-state index contributed by atoms with van der Waals surface area (Å²) in [6.45, 7) is 3.94. The molecule has 0 aliphatic rings. The van der Waals surface area contributed by atoms with Crippen molar-refractivity contribution in [3.8, 4) is 11.6 Å². The molecule has 26 heavy (non-hydrogen) atoms. The Morgan fingerprint density at radius 3 is 2.81 bits per heavy atom. The molecule has 138 valence electrons. The van der Waals surface area contributed by atoms with Crippen molar-refractivity contribution in [2.75, 3.05) is 18.4 Å². The first-order valence-electron chi connectivity index (χ1n) is 7.57. The molecule has 0 aliphatic carbocycles. The van der Waals surface area contributed by atoms with Gasteiger partial charge in [-0.3, -0.25) is 4.72 Å². The molecule has 0 amide bonds. The predicted octanol–water partition coefficient (Wildman–Crippen LogP) is 2.29. The number of methoxy groups -OCH3 is 1. The van der Waals surface area contributed by atoms with Crippen LogP contribution in [-0.2, 0) is 10.0 Å².